The van der Waals surface area contributed by atoms with Gasteiger partial charge in [0.1, 0.15) is 5.82 Å². The zero-order valence-electron chi connectivity index (χ0n) is 14.0. The highest BCUT2D eigenvalue weighted by Gasteiger charge is 2.51. The fourth-order valence-corrected chi connectivity index (χ4v) is 3.88. The second-order valence-electron chi connectivity index (χ2n) is 6.86. The number of nitrogens with zero attached hydrogens (tertiary/aromatic N) is 3. The maximum absolute atomic E-state index is 12.8. The van der Waals surface area contributed by atoms with E-state index in [0.29, 0.717) is 13.1 Å². The lowest BCUT2D eigenvalue weighted by Gasteiger charge is -2.34. The average molecular weight is 403 g/mol. The van der Waals surface area contributed by atoms with E-state index in [-0.39, 0.29) is 23.8 Å². The molecule has 2 heterocycles. The fraction of sp³-hybridized carbons (Fsp3) is 0.389. The smallest absolute Gasteiger partial charge is 0.254 e. The van der Waals surface area contributed by atoms with Gasteiger partial charge in [-0.15, -0.1) is 0 Å². The monoisotopic (exact) mass is 402 g/mol. The minimum Gasteiger partial charge on any atom is -0.347 e. The summed E-state index contributed by atoms with van der Waals surface area (Å²) in [4.78, 5) is 31.0. The van der Waals surface area contributed by atoms with Crippen molar-refractivity contribution in [2.24, 2.45) is 7.05 Å². The van der Waals surface area contributed by atoms with Gasteiger partial charge in [-0.1, -0.05) is 15.9 Å². The first-order valence-electron chi connectivity index (χ1n) is 8.31. The van der Waals surface area contributed by atoms with Crippen LogP contribution >= 0.6 is 15.9 Å². The number of carbonyl (C=O) groups is 2. The van der Waals surface area contributed by atoms with Crippen molar-refractivity contribution in [3.63, 3.8) is 0 Å². The van der Waals surface area contributed by atoms with Crippen LogP contribution in [0.15, 0.2) is 35.1 Å². The van der Waals surface area contributed by atoms with Gasteiger partial charge in [0.2, 0.25) is 5.91 Å². The maximum Gasteiger partial charge on any atom is 0.254 e. The Bertz CT molecular complexity index is 857. The molecular formula is C18H19BrN4O2. The van der Waals surface area contributed by atoms with Gasteiger partial charge in [-0.25, -0.2) is 4.98 Å². The summed E-state index contributed by atoms with van der Waals surface area (Å²) in [5.74, 6) is 0.562. The summed E-state index contributed by atoms with van der Waals surface area (Å²) in [6.45, 7) is 1.06. The second-order valence-corrected chi connectivity index (χ2v) is 7.78. The lowest BCUT2D eigenvalue weighted by molar-refractivity contribution is -0.122. The number of rotatable bonds is 4. The molecule has 2 amide bonds. The zero-order valence-corrected chi connectivity index (χ0v) is 15.5. The van der Waals surface area contributed by atoms with Crippen LogP contribution < -0.4 is 5.32 Å². The molecule has 6 nitrogen and oxygen atoms in total. The molecule has 1 N–H and O–H groups in total. The van der Waals surface area contributed by atoms with E-state index in [1.165, 1.54) is 0 Å². The number of fused-ring (bicyclic) bond motifs is 2. The molecule has 2 aliphatic rings. The van der Waals surface area contributed by atoms with Crippen LogP contribution in [0, 0.1) is 0 Å². The molecule has 0 atom stereocenters. The standard InChI is InChI=1S/C18H19BrN4O2/c1-22-7-6-20-15(22)9-21-16(24)10-23-11-18(4-5-18)14-8-12(19)2-3-13(14)17(23)25/h2-3,6-8H,4-5,9-11H2,1H3,(H,21,24). The molecule has 130 valence electrons. The van der Waals surface area contributed by atoms with Crippen molar-refractivity contribution in [2.45, 2.75) is 24.8 Å². The first-order chi connectivity index (χ1) is 12.0. The Labute approximate surface area is 154 Å². The number of hydrogen-bond acceptors (Lipinski definition) is 3. The Kier molecular flexibility index (Phi) is 3.91. The number of nitrogens with one attached hydrogen (secondary N) is 1. The Balaban J connectivity index is 1.46. The van der Waals surface area contributed by atoms with E-state index in [9.17, 15) is 9.59 Å². The predicted molar refractivity (Wildman–Crippen MR) is 96.0 cm³/mol. The number of aryl methyl sites for hydroxylation is 1. The number of benzene rings is 1. The van der Waals surface area contributed by atoms with E-state index in [1.807, 2.05) is 29.9 Å². The zero-order chi connectivity index (χ0) is 17.6. The van der Waals surface area contributed by atoms with Gasteiger partial charge in [0, 0.05) is 41.4 Å². The Hall–Kier alpha value is -2.15. The summed E-state index contributed by atoms with van der Waals surface area (Å²) in [6.07, 6.45) is 5.66. The second kappa shape index (κ2) is 5.98. The maximum atomic E-state index is 12.8. The number of hydrogen-bond donors (Lipinski definition) is 1. The van der Waals surface area contributed by atoms with Crippen molar-refractivity contribution in [2.75, 3.05) is 13.1 Å². The van der Waals surface area contributed by atoms with Crippen molar-refractivity contribution in [1.82, 2.24) is 19.8 Å². The van der Waals surface area contributed by atoms with Crippen molar-refractivity contribution < 1.29 is 9.59 Å². The summed E-state index contributed by atoms with van der Waals surface area (Å²) < 4.78 is 2.85. The molecule has 2 aromatic rings. The van der Waals surface area contributed by atoms with Crippen LogP contribution in [-0.2, 0) is 23.8 Å². The minimum atomic E-state index is -0.160. The quantitative estimate of drug-likeness (QED) is 0.849. The minimum absolute atomic E-state index is 0.0347. The summed E-state index contributed by atoms with van der Waals surface area (Å²) in [7, 11) is 1.88. The van der Waals surface area contributed by atoms with Gasteiger partial charge in [-0.3, -0.25) is 9.59 Å². The van der Waals surface area contributed by atoms with Crippen LogP contribution in [0.5, 0.6) is 0 Å². The third-order valence-electron chi connectivity index (χ3n) is 5.12. The van der Waals surface area contributed by atoms with Crippen molar-refractivity contribution in [1.29, 1.82) is 0 Å². The van der Waals surface area contributed by atoms with Crippen LogP contribution in [0.25, 0.3) is 0 Å². The Morgan fingerprint density at radius 2 is 2.20 bits per heavy atom. The van der Waals surface area contributed by atoms with Crippen molar-refractivity contribution in [3.8, 4) is 0 Å². The molecule has 1 spiro atoms. The SMILES string of the molecule is Cn1ccnc1CNC(=O)CN1CC2(CC2)c2cc(Br)ccc2C1=O. The molecule has 1 saturated carbocycles. The summed E-state index contributed by atoms with van der Waals surface area (Å²) in [5, 5.41) is 2.85. The normalized spacial score (nSPS) is 17.5. The molecule has 1 aliphatic heterocycles. The lowest BCUT2D eigenvalue weighted by Crippen LogP contribution is -2.48. The average Bonchev–Trinajstić information content (AvgIpc) is 3.24. The largest absolute Gasteiger partial charge is 0.347 e. The number of carbonyl (C=O) groups excluding carboxylic acids is 2. The molecule has 7 heteroatoms. The van der Waals surface area contributed by atoms with Crippen LogP contribution in [0.1, 0.15) is 34.6 Å². The molecule has 0 bridgehead atoms. The summed E-state index contributed by atoms with van der Waals surface area (Å²) >= 11 is 3.49. The van der Waals surface area contributed by atoms with Gasteiger partial charge in [-0.05, 0) is 36.6 Å². The van der Waals surface area contributed by atoms with Gasteiger partial charge in [0.15, 0.2) is 0 Å². The van der Waals surface area contributed by atoms with Crippen LogP contribution in [0.2, 0.25) is 0 Å². The summed E-state index contributed by atoms with van der Waals surface area (Å²) in [6, 6.07) is 5.80. The van der Waals surface area contributed by atoms with Crippen LogP contribution in [-0.4, -0.2) is 39.4 Å². The molecule has 0 radical (unpaired) electrons. The van der Waals surface area contributed by atoms with Crippen LogP contribution in [0.3, 0.4) is 0 Å². The predicted octanol–water partition coefficient (Wildman–Crippen LogP) is 1.99. The van der Waals surface area contributed by atoms with Gasteiger partial charge >= 0.3 is 0 Å². The van der Waals surface area contributed by atoms with E-state index in [2.05, 4.69) is 32.3 Å². The number of aromatic nitrogens is 2. The third kappa shape index (κ3) is 2.97. The van der Waals surface area contributed by atoms with Gasteiger partial charge in [0.05, 0.1) is 13.1 Å². The fourth-order valence-electron chi connectivity index (χ4n) is 3.51. The highest BCUT2D eigenvalue weighted by molar-refractivity contribution is 9.10. The van der Waals surface area contributed by atoms with E-state index in [4.69, 9.17) is 0 Å². The molecule has 4 rings (SSSR count). The molecule has 25 heavy (non-hydrogen) atoms. The molecule has 1 fully saturated rings. The van der Waals surface area contributed by atoms with Gasteiger partial charge in [0.25, 0.3) is 5.91 Å². The van der Waals surface area contributed by atoms with Gasteiger partial charge < -0.3 is 14.8 Å². The van der Waals surface area contributed by atoms with Crippen molar-refractivity contribution in [3.05, 3.63) is 52.0 Å². The molecule has 0 saturated heterocycles. The number of halogens is 1. The first kappa shape index (κ1) is 16.3. The highest BCUT2D eigenvalue weighted by Crippen LogP contribution is 2.52. The number of amides is 2. The van der Waals surface area contributed by atoms with Gasteiger partial charge in [-0.2, -0.15) is 0 Å². The molecule has 1 aliphatic carbocycles. The van der Waals surface area contributed by atoms with Crippen molar-refractivity contribution >= 4 is 27.7 Å². The van der Waals surface area contributed by atoms with E-state index in [1.54, 1.807) is 11.1 Å². The third-order valence-corrected chi connectivity index (χ3v) is 5.61. The molecule has 0 unspecified atom stereocenters. The molecular weight excluding hydrogens is 384 g/mol. The van der Waals surface area contributed by atoms with E-state index in [0.717, 1.165) is 34.3 Å². The highest BCUT2D eigenvalue weighted by atomic mass is 79.9. The van der Waals surface area contributed by atoms with Crippen LogP contribution in [0.4, 0.5) is 0 Å². The summed E-state index contributed by atoms with van der Waals surface area (Å²) in [5.41, 5.74) is 1.88. The Morgan fingerprint density at radius 3 is 2.88 bits per heavy atom. The number of imidazole rings is 1. The topological polar surface area (TPSA) is 67.2 Å². The van der Waals surface area contributed by atoms with E-state index < -0.39 is 0 Å². The molecule has 1 aromatic carbocycles. The Morgan fingerprint density at radius 1 is 1.40 bits per heavy atom. The van der Waals surface area contributed by atoms with E-state index >= 15 is 0 Å². The molecule has 1 aromatic heterocycles. The lowest BCUT2D eigenvalue weighted by atomic mass is 9.86. The first-order valence-corrected chi connectivity index (χ1v) is 9.10.